The number of rotatable bonds is 2. The van der Waals surface area contributed by atoms with Gasteiger partial charge in [0.15, 0.2) is 0 Å². The van der Waals surface area contributed by atoms with E-state index in [0.29, 0.717) is 6.42 Å². The molecule has 0 spiro atoms. The predicted octanol–water partition coefficient (Wildman–Crippen LogP) is 1.05. The molecule has 1 saturated heterocycles. The normalized spacial score (nSPS) is 31.0. The lowest BCUT2D eigenvalue weighted by molar-refractivity contribution is -0.143. The van der Waals surface area contributed by atoms with Gasteiger partial charge in [0.1, 0.15) is 0 Å². The summed E-state index contributed by atoms with van der Waals surface area (Å²) in [5.74, 6) is -0.990. The van der Waals surface area contributed by atoms with Crippen LogP contribution in [0.2, 0.25) is 0 Å². The zero-order valence-electron chi connectivity index (χ0n) is 9.32. The summed E-state index contributed by atoms with van der Waals surface area (Å²) in [5, 5.41) is 11.8. The second-order valence-corrected chi connectivity index (χ2v) is 4.63. The van der Waals surface area contributed by atoms with Crippen LogP contribution in [0.25, 0.3) is 0 Å². The number of hydrogen-bond acceptors (Lipinski definition) is 2. The van der Waals surface area contributed by atoms with Gasteiger partial charge in [-0.05, 0) is 25.7 Å². The van der Waals surface area contributed by atoms with E-state index in [2.05, 4.69) is 5.32 Å². The van der Waals surface area contributed by atoms with Gasteiger partial charge in [-0.25, -0.2) is 4.79 Å². The highest BCUT2D eigenvalue weighted by atomic mass is 16.4. The number of nitrogens with one attached hydrogen (secondary N) is 1. The number of carboxylic acid groups (broad SMARTS) is 1. The van der Waals surface area contributed by atoms with Gasteiger partial charge in [0.25, 0.3) is 0 Å². The second-order valence-electron chi connectivity index (χ2n) is 4.63. The van der Waals surface area contributed by atoms with Crippen LogP contribution in [0.5, 0.6) is 0 Å². The quantitative estimate of drug-likeness (QED) is 0.739. The lowest BCUT2D eigenvalue weighted by atomic mass is 9.85. The molecule has 0 bridgehead atoms. The zero-order valence-corrected chi connectivity index (χ0v) is 9.32. The highest BCUT2D eigenvalue weighted by Gasteiger charge is 2.33. The summed E-state index contributed by atoms with van der Waals surface area (Å²) in [5.41, 5.74) is 0. The Morgan fingerprint density at radius 2 is 2.19 bits per heavy atom. The molecule has 2 rings (SSSR count). The van der Waals surface area contributed by atoms with Gasteiger partial charge in [-0.3, -0.25) is 4.79 Å². The second kappa shape index (κ2) is 4.72. The fourth-order valence-corrected chi connectivity index (χ4v) is 2.67. The van der Waals surface area contributed by atoms with Gasteiger partial charge in [0.2, 0.25) is 0 Å². The fourth-order valence-electron chi connectivity index (χ4n) is 2.67. The van der Waals surface area contributed by atoms with Crippen molar-refractivity contribution in [2.75, 3.05) is 13.1 Å². The molecule has 2 unspecified atom stereocenters. The lowest BCUT2D eigenvalue weighted by Gasteiger charge is -2.38. The molecule has 0 aromatic carbocycles. The first-order valence-corrected chi connectivity index (χ1v) is 5.96. The molecule has 1 aliphatic carbocycles. The van der Waals surface area contributed by atoms with Gasteiger partial charge < -0.3 is 15.3 Å². The smallest absolute Gasteiger partial charge is 0.317 e. The third-order valence-corrected chi connectivity index (χ3v) is 3.55. The molecular formula is C11H18N2O3. The Kier molecular flexibility index (Phi) is 3.31. The molecule has 1 heterocycles. The van der Waals surface area contributed by atoms with Crippen LogP contribution in [0.1, 0.15) is 32.1 Å². The summed E-state index contributed by atoms with van der Waals surface area (Å²) in [6.45, 7) is 1.51. The number of carbonyl (C=O) groups excluding carboxylic acids is 1. The number of carboxylic acids is 1. The predicted molar refractivity (Wildman–Crippen MR) is 58.1 cm³/mol. The molecular weight excluding hydrogens is 208 g/mol. The monoisotopic (exact) mass is 226 g/mol. The first kappa shape index (κ1) is 11.2. The molecule has 0 aromatic rings. The largest absolute Gasteiger partial charge is 0.481 e. The van der Waals surface area contributed by atoms with Gasteiger partial charge in [0.05, 0.1) is 5.92 Å². The van der Waals surface area contributed by atoms with Crippen molar-refractivity contribution in [3.05, 3.63) is 0 Å². The molecule has 2 fully saturated rings. The molecule has 5 nitrogen and oxygen atoms in total. The van der Waals surface area contributed by atoms with E-state index in [1.165, 1.54) is 0 Å². The number of amides is 2. The Balaban J connectivity index is 1.97. The van der Waals surface area contributed by atoms with Crippen LogP contribution < -0.4 is 5.32 Å². The molecule has 90 valence electrons. The number of carbonyl (C=O) groups is 2. The minimum Gasteiger partial charge on any atom is -0.481 e. The topological polar surface area (TPSA) is 69.6 Å². The van der Waals surface area contributed by atoms with Crippen LogP contribution >= 0.6 is 0 Å². The molecule has 2 amide bonds. The Morgan fingerprint density at radius 3 is 2.88 bits per heavy atom. The minimum atomic E-state index is -0.720. The average Bonchev–Trinajstić information content (AvgIpc) is 2.30. The van der Waals surface area contributed by atoms with E-state index < -0.39 is 5.97 Å². The maximum Gasteiger partial charge on any atom is 0.317 e. The first-order valence-electron chi connectivity index (χ1n) is 5.96. The number of hydrogen-bond donors (Lipinski definition) is 2. The molecule has 16 heavy (non-hydrogen) atoms. The molecule has 1 aliphatic heterocycles. The van der Waals surface area contributed by atoms with Crippen molar-refractivity contribution >= 4 is 12.0 Å². The van der Waals surface area contributed by atoms with E-state index in [0.717, 1.165) is 38.8 Å². The molecule has 2 aliphatic rings. The first-order chi connectivity index (χ1) is 7.68. The maximum absolute atomic E-state index is 11.6. The zero-order chi connectivity index (χ0) is 11.5. The molecule has 1 saturated carbocycles. The van der Waals surface area contributed by atoms with E-state index in [1.807, 2.05) is 4.90 Å². The highest BCUT2D eigenvalue weighted by Crippen LogP contribution is 2.28. The van der Waals surface area contributed by atoms with Crippen molar-refractivity contribution in [1.82, 2.24) is 10.2 Å². The van der Waals surface area contributed by atoms with E-state index in [-0.39, 0.29) is 18.0 Å². The van der Waals surface area contributed by atoms with Crippen LogP contribution in [-0.4, -0.2) is 41.1 Å². The molecule has 2 N–H and O–H groups in total. The van der Waals surface area contributed by atoms with Crippen molar-refractivity contribution < 1.29 is 14.7 Å². The lowest BCUT2D eigenvalue weighted by Crippen LogP contribution is -2.52. The average molecular weight is 226 g/mol. The van der Waals surface area contributed by atoms with Crippen LogP contribution in [0, 0.1) is 5.92 Å². The van der Waals surface area contributed by atoms with Gasteiger partial charge in [-0.2, -0.15) is 0 Å². The van der Waals surface area contributed by atoms with Gasteiger partial charge in [0, 0.05) is 19.1 Å². The van der Waals surface area contributed by atoms with Crippen molar-refractivity contribution in [1.29, 1.82) is 0 Å². The summed E-state index contributed by atoms with van der Waals surface area (Å²) in [6, 6.07) is 0.0949. The number of aliphatic carboxylic acids is 1. The summed E-state index contributed by atoms with van der Waals surface area (Å²) in [4.78, 5) is 24.4. The summed E-state index contributed by atoms with van der Waals surface area (Å²) < 4.78 is 0. The van der Waals surface area contributed by atoms with E-state index in [9.17, 15) is 9.59 Å². The highest BCUT2D eigenvalue weighted by molar-refractivity contribution is 5.75. The SMILES string of the molecule is O=C(O)C1CCCC(N2CCCNC2=O)C1. The molecule has 2 atom stereocenters. The summed E-state index contributed by atoms with van der Waals surface area (Å²) in [6.07, 6.45) is 4.17. The third-order valence-electron chi connectivity index (χ3n) is 3.55. The molecule has 0 radical (unpaired) electrons. The van der Waals surface area contributed by atoms with Gasteiger partial charge >= 0.3 is 12.0 Å². The summed E-state index contributed by atoms with van der Waals surface area (Å²) >= 11 is 0. The number of urea groups is 1. The van der Waals surface area contributed by atoms with Crippen LogP contribution in [0.3, 0.4) is 0 Å². The fraction of sp³-hybridized carbons (Fsp3) is 0.818. The third kappa shape index (κ3) is 2.28. The van der Waals surface area contributed by atoms with Gasteiger partial charge in [-0.1, -0.05) is 6.42 Å². The van der Waals surface area contributed by atoms with Gasteiger partial charge in [-0.15, -0.1) is 0 Å². The van der Waals surface area contributed by atoms with Crippen LogP contribution in [-0.2, 0) is 4.79 Å². The van der Waals surface area contributed by atoms with Crippen LogP contribution in [0.15, 0.2) is 0 Å². The maximum atomic E-state index is 11.6. The molecule has 0 aromatic heterocycles. The Bertz CT molecular complexity index is 293. The van der Waals surface area contributed by atoms with Crippen LogP contribution in [0.4, 0.5) is 4.79 Å². The Morgan fingerprint density at radius 1 is 1.38 bits per heavy atom. The van der Waals surface area contributed by atoms with Crippen molar-refractivity contribution in [3.63, 3.8) is 0 Å². The van der Waals surface area contributed by atoms with Crippen molar-refractivity contribution in [3.8, 4) is 0 Å². The van der Waals surface area contributed by atoms with Crippen molar-refractivity contribution in [2.45, 2.75) is 38.1 Å². The number of nitrogens with zero attached hydrogens (tertiary/aromatic N) is 1. The molecule has 5 heteroatoms. The standard InChI is InChI=1S/C11H18N2O3/c14-10(15)8-3-1-4-9(7-8)13-6-2-5-12-11(13)16/h8-9H,1-7H2,(H,12,16)(H,14,15). The van der Waals surface area contributed by atoms with E-state index in [1.54, 1.807) is 0 Å². The minimum absolute atomic E-state index is 0.0257. The van der Waals surface area contributed by atoms with E-state index >= 15 is 0 Å². The summed E-state index contributed by atoms with van der Waals surface area (Å²) in [7, 11) is 0. The van der Waals surface area contributed by atoms with Crippen molar-refractivity contribution in [2.24, 2.45) is 5.92 Å². The Labute approximate surface area is 94.8 Å². The Hall–Kier alpha value is -1.26. The van der Waals surface area contributed by atoms with E-state index in [4.69, 9.17) is 5.11 Å².